The summed E-state index contributed by atoms with van der Waals surface area (Å²) < 4.78 is 3.13. The van der Waals surface area contributed by atoms with Crippen LogP contribution >= 0.6 is 11.8 Å². The van der Waals surface area contributed by atoms with Crippen molar-refractivity contribution in [2.24, 2.45) is 7.05 Å². The molecule has 4 rings (SSSR count). The van der Waals surface area contributed by atoms with Gasteiger partial charge in [-0.25, -0.2) is 4.98 Å². The van der Waals surface area contributed by atoms with Crippen LogP contribution in [0.25, 0.3) is 16.7 Å². The van der Waals surface area contributed by atoms with Gasteiger partial charge in [0, 0.05) is 18.1 Å². The SMILES string of the molecule is CSc1ccccc1NC(=O)c1cc2c(=O)n3ccccc3nc2n1C. The average Bonchev–Trinajstić information content (AvgIpc) is 3.00. The predicted octanol–water partition coefficient (Wildman–Crippen LogP) is 3.16. The summed E-state index contributed by atoms with van der Waals surface area (Å²) in [6, 6.07) is 14.6. The standard InChI is InChI=1S/C19H16N4O2S/c1-22-14(18(24)20-13-7-3-4-8-15(13)26-2)11-12-17(22)21-16-9-5-6-10-23(16)19(12)25/h3-11H,1-2H3,(H,20,24). The fourth-order valence-corrected chi connectivity index (χ4v) is 3.53. The number of thioether (sulfide) groups is 1. The van der Waals surface area contributed by atoms with Crippen LogP contribution in [0.4, 0.5) is 5.69 Å². The van der Waals surface area contributed by atoms with Crippen molar-refractivity contribution in [2.45, 2.75) is 4.90 Å². The number of carbonyl (C=O) groups is 1. The predicted molar refractivity (Wildman–Crippen MR) is 104 cm³/mol. The lowest BCUT2D eigenvalue weighted by Crippen LogP contribution is -2.16. The van der Waals surface area contributed by atoms with Crippen molar-refractivity contribution in [3.8, 4) is 0 Å². The van der Waals surface area contributed by atoms with E-state index in [0.29, 0.717) is 22.4 Å². The average molecular weight is 364 g/mol. The third kappa shape index (κ3) is 2.57. The van der Waals surface area contributed by atoms with Crippen LogP contribution < -0.4 is 10.9 Å². The van der Waals surface area contributed by atoms with E-state index in [2.05, 4.69) is 10.3 Å². The molecule has 0 aliphatic heterocycles. The second-order valence-corrected chi connectivity index (χ2v) is 6.67. The van der Waals surface area contributed by atoms with E-state index in [-0.39, 0.29) is 11.5 Å². The summed E-state index contributed by atoms with van der Waals surface area (Å²) in [4.78, 5) is 31.0. The Balaban J connectivity index is 1.83. The van der Waals surface area contributed by atoms with Gasteiger partial charge < -0.3 is 9.88 Å². The minimum Gasteiger partial charge on any atom is -0.324 e. The Morgan fingerprint density at radius 1 is 1.15 bits per heavy atom. The second-order valence-electron chi connectivity index (χ2n) is 5.83. The molecule has 0 radical (unpaired) electrons. The second kappa shape index (κ2) is 6.34. The number of hydrogen-bond acceptors (Lipinski definition) is 4. The van der Waals surface area contributed by atoms with Gasteiger partial charge >= 0.3 is 0 Å². The fourth-order valence-electron chi connectivity index (χ4n) is 2.97. The summed E-state index contributed by atoms with van der Waals surface area (Å²) >= 11 is 1.56. The number of fused-ring (bicyclic) bond motifs is 2. The molecule has 4 aromatic rings. The molecule has 1 aromatic carbocycles. The number of aromatic nitrogens is 3. The first kappa shape index (κ1) is 16.4. The number of nitrogens with zero attached hydrogens (tertiary/aromatic N) is 3. The Kier molecular flexibility index (Phi) is 4.00. The number of amides is 1. The van der Waals surface area contributed by atoms with Crippen molar-refractivity contribution in [3.63, 3.8) is 0 Å². The largest absolute Gasteiger partial charge is 0.324 e. The molecule has 0 saturated carbocycles. The summed E-state index contributed by atoms with van der Waals surface area (Å²) in [7, 11) is 1.74. The highest BCUT2D eigenvalue weighted by atomic mass is 32.2. The summed E-state index contributed by atoms with van der Waals surface area (Å²) in [6.45, 7) is 0. The lowest BCUT2D eigenvalue weighted by atomic mass is 10.3. The molecule has 130 valence electrons. The highest BCUT2D eigenvalue weighted by Gasteiger charge is 2.18. The van der Waals surface area contributed by atoms with E-state index in [9.17, 15) is 9.59 Å². The Bertz CT molecular complexity index is 1210. The molecule has 1 amide bonds. The van der Waals surface area contributed by atoms with Crippen molar-refractivity contribution in [3.05, 3.63) is 70.8 Å². The smallest absolute Gasteiger partial charge is 0.272 e. The van der Waals surface area contributed by atoms with E-state index >= 15 is 0 Å². The van der Waals surface area contributed by atoms with Crippen LogP contribution in [0.5, 0.6) is 0 Å². The number of anilines is 1. The number of carbonyl (C=O) groups excluding carboxylic acids is 1. The highest BCUT2D eigenvalue weighted by molar-refractivity contribution is 7.98. The van der Waals surface area contributed by atoms with Gasteiger partial charge in [-0.05, 0) is 36.6 Å². The first-order chi connectivity index (χ1) is 12.6. The summed E-state index contributed by atoms with van der Waals surface area (Å²) in [5.74, 6) is -0.277. The Morgan fingerprint density at radius 3 is 2.73 bits per heavy atom. The number of pyridine rings is 1. The molecule has 0 aliphatic rings. The van der Waals surface area contributed by atoms with Gasteiger partial charge in [-0.3, -0.25) is 14.0 Å². The van der Waals surface area contributed by atoms with Crippen molar-refractivity contribution < 1.29 is 4.79 Å². The zero-order valence-electron chi connectivity index (χ0n) is 14.3. The number of nitrogens with one attached hydrogen (secondary N) is 1. The molecule has 0 spiro atoms. The molecule has 0 atom stereocenters. The lowest BCUT2D eigenvalue weighted by molar-refractivity contribution is 0.101. The zero-order chi connectivity index (χ0) is 18.3. The summed E-state index contributed by atoms with van der Waals surface area (Å²) in [5.41, 5.74) is 1.97. The van der Waals surface area contributed by atoms with E-state index in [1.54, 1.807) is 47.8 Å². The maximum atomic E-state index is 12.8. The molecular formula is C19H16N4O2S. The van der Waals surface area contributed by atoms with Gasteiger partial charge in [0.25, 0.3) is 11.5 Å². The van der Waals surface area contributed by atoms with E-state index < -0.39 is 0 Å². The molecule has 0 fully saturated rings. The zero-order valence-corrected chi connectivity index (χ0v) is 15.1. The Hall–Kier alpha value is -3.06. The molecule has 0 aliphatic carbocycles. The van der Waals surface area contributed by atoms with Crippen molar-refractivity contribution in [1.82, 2.24) is 14.0 Å². The van der Waals surface area contributed by atoms with Crippen molar-refractivity contribution in [1.29, 1.82) is 0 Å². The third-order valence-electron chi connectivity index (χ3n) is 4.30. The minimum absolute atomic E-state index is 0.190. The molecule has 1 N–H and O–H groups in total. The molecule has 0 saturated heterocycles. The van der Waals surface area contributed by atoms with E-state index in [1.165, 1.54) is 4.40 Å². The van der Waals surface area contributed by atoms with Gasteiger partial charge in [0.2, 0.25) is 0 Å². The maximum Gasteiger partial charge on any atom is 0.272 e. The number of aryl methyl sites for hydroxylation is 1. The number of benzene rings is 1. The highest BCUT2D eigenvalue weighted by Crippen LogP contribution is 2.25. The van der Waals surface area contributed by atoms with Gasteiger partial charge in [-0.1, -0.05) is 18.2 Å². The topological polar surface area (TPSA) is 68.4 Å². The van der Waals surface area contributed by atoms with Gasteiger partial charge in [0.15, 0.2) is 0 Å². The summed E-state index contributed by atoms with van der Waals surface area (Å²) in [6.07, 6.45) is 3.63. The van der Waals surface area contributed by atoms with Crippen LogP contribution in [0, 0.1) is 0 Å². The Labute approximate surface area is 153 Å². The molecule has 26 heavy (non-hydrogen) atoms. The molecule has 6 nitrogen and oxygen atoms in total. The minimum atomic E-state index is -0.277. The maximum absolute atomic E-state index is 12.8. The van der Waals surface area contributed by atoms with Crippen LogP contribution in [0.3, 0.4) is 0 Å². The van der Waals surface area contributed by atoms with Crippen LogP contribution in [0.1, 0.15) is 10.5 Å². The van der Waals surface area contributed by atoms with Crippen molar-refractivity contribution >= 4 is 40.0 Å². The quantitative estimate of drug-likeness (QED) is 0.567. The fraction of sp³-hybridized carbons (Fsp3) is 0.105. The summed E-state index contributed by atoms with van der Waals surface area (Å²) in [5, 5.41) is 3.34. The molecular weight excluding hydrogens is 348 g/mol. The number of rotatable bonds is 3. The monoisotopic (exact) mass is 364 g/mol. The van der Waals surface area contributed by atoms with E-state index in [4.69, 9.17) is 0 Å². The first-order valence-corrected chi connectivity index (χ1v) is 9.24. The molecule has 0 unspecified atom stereocenters. The number of para-hydroxylation sites is 1. The van der Waals surface area contributed by atoms with E-state index in [1.807, 2.05) is 36.6 Å². The molecule has 3 heterocycles. The van der Waals surface area contributed by atoms with Gasteiger partial charge in [-0.15, -0.1) is 11.8 Å². The van der Waals surface area contributed by atoms with Crippen LogP contribution in [-0.4, -0.2) is 26.1 Å². The van der Waals surface area contributed by atoms with Gasteiger partial charge in [0.05, 0.1) is 11.1 Å². The normalized spacial score (nSPS) is 11.2. The lowest BCUT2D eigenvalue weighted by Gasteiger charge is -2.09. The van der Waals surface area contributed by atoms with Gasteiger partial charge in [0.1, 0.15) is 17.0 Å². The van der Waals surface area contributed by atoms with Crippen LogP contribution in [0.15, 0.2) is 64.4 Å². The number of hydrogen-bond donors (Lipinski definition) is 1. The van der Waals surface area contributed by atoms with Crippen molar-refractivity contribution in [2.75, 3.05) is 11.6 Å². The van der Waals surface area contributed by atoms with Crippen LogP contribution in [-0.2, 0) is 7.05 Å². The first-order valence-electron chi connectivity index (χ1n) is 8.01. The van der Waals surface area contributed by atoms with E-state index in [0.717, 1.165) is 10.6 Å². The Morgan fingerprint density at radius 2 is 1.92 bits per heavy atom. The molecule has 7 heteroatoms. The molecule has 0 bridgehead atoms. The molecule has 3 aromatic heterocycles. The van der Waals surface area contributed by atoms with Crippen LogP contribution in [0.2, 0.25) is 0 Å². The third-order valence-corrected chi connectivity index (χ3v) is 5.09. The van der Waals surface area contributed by atoms with Gasteiger partial charge in [-0.2, -0.15) is 0 Å².